The Hall–Kier alpha value is -2.50. The molecule has 1 aromatic heterocycles. The zero-order valence-corrected chi connectivity index (χ0v) is 10.9. The summed E-state index contributed by atoms with van der Waals surface area (Å²) in [6.07, 6.45) is 3.71. The van der Waals surface area contributed by atoms with Gasteiger partial charge in [0.2, 0.25) is 0 Å². The molecule has 0 fully saturated rings. The van der Waals surface area contributed by atoms with E-state index in [-0.39, 0.29) is 11.3 Å². The first-order chi connectivity index (χ1) is 8.97. The second-order valence-electron chi connectivity index (χ2n) is 4.46. The van der Waals surface area contributed by atoms with Gasteiger partial charge in [-0.15, -0.1) is 0 Å². The molecule has 1 heterocycles. The van der Waals surface area contributed by atoms with Crippen molar-refractivity contribution in [2.75, 3.05) is 17.7 Å². The Labute approximate surface area is 111 Å². The standard InChI is InChI=1S/C13H16N4O2/c1-16(7-9-6-15-17(2)8-9)10-3-4-12(14)11(5-10)13(18)19/h3-6,8H,7,14H2,1-2H3,(H,18,19). The molecule has 1 aromatic carbocycles. The Kier molecular flexibility index (Phi) is 3.41. The fourth-order valence-corrected chi connectivity index (χ4v) is 1.89. The SMILES string of the molecule is CN(Cc1cnn(C)c1)c1ccc(N)c(C(=O)O)c1. The fraction of sp³-hybridized carbons (Fsp3) is 0.231. The normalized spacial score (nSPS) is 10.4. The average Bonchev–Trinajstić information content (AvgIpc) is 2.74. The van der Waals surface area contributed by atoms with Crippen molar-refractivity contribution in [3.63, 3.8) is 0 Å². The summed E-state index contributed by atoms with van der Waals surface area (Å²) in [5, 5.41) is 13.2. The van der Waals surface area contributed by atoms with Crippen LogP contribution in [0.5, 0.6) is 0 Å². The molecule has 3 N–H and O–H groups in total. The second kappa shape index (κ2) is 5.01. The molecule has 0 saturated heterocycles. The monoisotopic (exact) mass is 260 g/mol. The zero-order chi connectivity index (χ0) is 14.0. The van der Waals surface area contributed by atoms with Crippen LogP contribution in [-0.4, -0.2) is 27.9 Å². The van der Waals surface area contributed by atoms with Crippen LogP contribution >= 0.6 is 0 Å². The van der Waals surface area contributed by atoms with Gasteiger partial charge in [-0.05, 0) is 18.2 Å². The van der Waals surface area contributed by atoms with E-state index >= 15 is 0 Å². The van der Waals surface area contributed by atoms with Gasteiger partial charge in [-0.1, -0.05) is 0 Å². The van der Waals surface area contributed by atoms with Crippen LogP contribution in [0.3, 0.4) is 0 Å². The summed E-state index contributed by atoms with van der Waals surface area (Å²) in [5.74, 6) is -1.02. The predicted octanol–water partition coefficient (Wildman–Crippen LogP) is 1.34. The van der Waals surface area contributed by atoms with E-state index in [1.165, 1.54) is 0 Å². The van der Waals surface area contributed by atoms with Crippen LogP contribution in [0.4, 0.5) is 11.4 Å². The lowest BCUT2D eigenvalue weighted by molar-refractivity contribution is 0.0698. The molecule has 6 nitrogen and oxygen atoms in total. The summed E-state index contributed by atoms with van der Waals surface area (Å²) < 4.78 is 1.73. The molecule has 0 bridgehead atoms. The van der Waals surface area contributed by atoms with Crippen molar-refractivity contribution in [1.82, 2.24) is 9.78 Å². The predicted molar refractivity (Wildman–Crippen MR) is 73.1 cm³/mol. The number of aromatic nitrogens is 2. The quantitative estimate of drug-likeness (QED) is 0.810. The van der Waals surface area contributed by atoms with Gasteiger partial charge in [-0.2, -0.15) is 5.10 Å². The highest BCUT2D eigenvalue weighted by Crippen LogP contribution is 2.21. The number of rotatable bonds is 4. The van der Waals surface area contributed by atoms with Gasteiger partial charge in [-0.25, -0.2) is 4.79 Å². The minimum absolute atomic E-state index is 0.121. The number of nitrogen functional groups attached to an aromatic ring is 1. The van der Waals surface area contributed by atoms with E-state index in [0.29, 0.717) is 6.54 Å². The first kappa shape index (κ1) is 12.9. The van der Waals surface area contributed by atoms with E-state index in [9.17, 15) is 4.79 Å². The van der Waals surface area contributed by atoms with Crippen LogP contribution in [0.25, 0.3) is 0 Å². The third kappa shape index (κ3) is 2.85. The van der Waals surface area contributed by atoms with Crippen LogP contribution < -0.4 is 10.6 Å². The van der Waals surface area contributed by atoms with Crippen LogP contribution in [0.1, 0.15) is 15.9 Å². The fourth-order valence-electron chi connectivity index (χ4n) is 1.89. The van der Waals surface area contributed by atoms with E-state index in [4.69, 9.17) is 10.8 Å². The summed E-state index contributed by atoms with van der Waals surface area (Å²) in [6.45, 7) is 0.650. The number of nitrogens with two attached hydrogens (primary N) is 1. The summed E-state index contributed by atoms with van der Waals surface area (Å²) in [5.41, 5.74) is 7.88. The molecule has 0 unspecified atom stereocenters. The summed E-state index contributed by atoms with van der Waals surface area (Å²) in [6, 6.07) is 4.99. The largest absolute Gasteiger partial charge is 0.478 e. The van der Waals surface area contributed by atoms with Crippen LogP contribution in [0.2, 0.25) is 0 Å². The number of hydrogen-bond acceptors (Lipinski definition) is 4. The highest BCUT2D eigenvalue weighted by Gasteiger charge is 2.11. The van der Waals surface area contributed by atoms with Crippen molar-refractivity contribution in [2.24, 2.45) is 7.05 Å². The molecule has 2 rings (SSSR count). The van der Waals surface area contributed by atoms with Gasteiger partial charge >= 0.3 is 5.97 Å². The minimum Gasteiger partial charge on any atom is -0.478 e. The van der Waals surface area contributed by atoms with Gasteiger partial charge < -0.3 is 15.7 Å². The van der Waals surface area contributed by atoms with Crippen LogP contribution in [0, 0.1) is 0 Å². The van der Waals surface area contributed by atoms with Crippen molar-refractivity contribution in [2.45, 2.75) is 6.54 Å². The number of aryl methyl sites for hydroxylation is 1. The molecule has 0 spiro atoms. The highest BCUT2D eigenvalue weighted by atomic mass is 16.4. The molecule has 0 aliphatic carbocycles. The molecule has 0 radical (unpaired) electrons. The van der Waals surface area contributed by atoms with Crippen LogP contribution in [0.15, 0.2) is 30.6 Å². The molecular formula is C13H16N4O2. The van der Waals surface area contributed by atoms with Crippen molar-refractivity contribution in [3.8, 4) is 0 Å². The Morgan fingerprint density at radius 1 is 1.53 bits per heavy atom. The highest BCUT2D eigenvalue weighted by molar-refractivity contribution is 5.94. The van der Waals surface area contributed by atoms with Crippen molar-refractivity contribution in [3.05, 3.63) is 41.7 Å². The maximum Gasteiger partial charge on any atom is 0.337 e. The summed E-state index contributed by atoms with van der Waals surface area (Å²) >= 11 is 0. The molecule has 0 amide bonds. The van der Waals surface area contributed by atoms with Gasteiger partial charge in [0.15, 0.2) is 0 Å². The van der Waals surface area contributed by atoms with E-state index in [1.807, 2.05) is 25.2 Å². The third-order valence-electron chi connectivity index (χ3n) is 2.89. The second-order valence-corrected chi connectivity index (χ2v) is 4.46. The number of carboxylic acid groups (broad SMARTS) is 1. The summed E-state index contributed by atoms with van der Waals surface area (Å²) in [4.78, 5) is 13.0. The smallest absolute Gasteiger partial charge is 0.337 e. The third-order valence-corrected chi connectivity index (χ3v) is 2.89. The number of carbonyl (C=O) groups is 1. The lowest BCUT2D eigenvalue weighted by Crippen LogP contribution is -2.17. The molecule has 19 heavy (non-hydrogen) atoms. The maximum absolute atomic E-state index is 11.0. The Balaban J connectivity index is 2.21. The zero-order valence-electron chi connectivity index (χ0n) is 10.9. The first-order valence-electron chi connectivity index (χ1n) is 5.79. The van der Waals surface area contributed by atoms with E-state index in [1.54, 1.807) is 29.1 Å². The number of carboxylic acids is 1. The molecule has 0 saturated carbocycles. The Bertz CT molecular complexity index is 606. The Morgan fingerprint density at radius 2 is 2.26 bits per heavy atom. The molecule has 100 valence electrons. The topological polar surface area (TPSA) is 84.4 Å². The van der Waals surface area contributed by atoms with Crippen molar-refractivity contribution >= 4 is 17.3 Å². The van der Waals surface area contributed by atoms with Crippen molar-refractivity contribution in [1.29, 1.82) is 0 Å². The maximum atomic E-state index is 11.0. The van der Waals surface area contributed by atoms with Gasteiger partial charge in [0.05, 0.1) is 11.8 Å². The number of anilines is 2. The summed E-state index contributed by atoms with van der Waals surface area (Å²) in [7, 11) is 3.75. The van der Waals surface area contributed by atoms with E-state index in [0.717, 1.165) is 11.3 Å². The molecule has 0 aliphatic rings. The van der Waals surface area contributed by atoms with E-state index in [2.05, 4.69) is 5.10 Å². The van der Waals surface area contributed by atoms with Gasteiger partial charge in [0.1, 0.15) is 0 Å². The molecular weight excluding hydrogens is 244 g/mol. The molecule has 2 aromatic rings. The molecule has 0 atom stereocenters. The van der Waals surface area contributed by atoms with Crippen LogP contribution in [-0.2, 0) is 13.6 Å². The number of aromatic carboxylic acids is 1. The number of hydrogen-bond donors (Lipinski definition) is 2. The minimum atomic E-state index is -1.02. The number of nitrogens with zero attached hydrogens (tertiary/aromatic N) is 3. The molecule has 0 aliphatic heterocycles. The van der Waals surface area contributed by atoms with Gasteiger partial charge in [-0.3, -0.25) is 4.68 Å². The van der Waals surface area contributed by atoms with Gasteiger partial charge in [0, 0.05) is 43.8 Å². The average molecular weight is 260 g/mol. The Morgan fingerprint density at radius 3 is 2.84 bits per heavy atom. The first-order valence-corrected chi connectivity index (χ1v) is 5.79. The lowest BCUT2D eigenvalue weighted by Gasteiger charge is -2.19. The lowest BCUT2D eigenvalue weighted by atomic mass is 10.1. The van der Waals surface area contributed by atoms with Crippen molar-refractivity contribution < 1.29 is 9.90 Å². The van der Waals surface area contributed by atoms with E-state index < -0.39 is 5.97 Å². The van der Waals surface area contributed by atoms with Gasteiger partial charge in [0.25, 0.3) is 0 Å². The molecule has 6 heteroatoms. The number of benzene rings is 1.